The van der Waals surface area contributed by atoms with Gasteiger partial charge in [-0.15, -0.1) is 13.2 Å². The lowest BCUT2D eigenvalue weighted by molar-refractivity contribution is -0.275. The third-order valence-corrected chi connectivity index (χ3v) is 5.37. The van der Waals surface area contributed by atoms with Gasteiger partial charge < -0.3 is 9.15 Å². The number of oxazole rings is 1. The number of halogens is 3. The summed E-state index contributed by atoms with van der Waals surface area (Å²) in [6.07, 6.45) is -3.00. The van der Waals surface area contributed by atoms with Crippen molar-refractivity contribution in [3.8, 4) is 5.75 Å². The quantitative estimate of drug-likeness (QED) is 0.689. The van der Waals surface area contributed by atoms with Crippen LogP contribution >= 0.6 is 0 Å². The van der Waals surface area contributed by atoms with E-state index in [-0.39, 0.29) is 5.69 Å². The lowest BCUT2D eigenvalue weighted by Gasteiger charge is -2.14. The van der Waals surface area contributed by atoms with Crippen LogP contribution in [0.15, 0.2) is 51.8 Å². The molecule has 2 aromatic carbocycles. The maximum atomic E-state index is 12.6. The minimum atomic E-state index is -5.01. The molecule has 0 radical (unpaired) electrons. The summed E-state index contributed by atoms with van der Waals surface area (Å²) in [6.45, 7) is 0. The van der Waals surface area contributed by atoms with Gasteiger partial charge in [-0.3, -0.25) is 4.72 Å². The molecule has 1 N–H and O–H groups in total. The molecule has 1 aliphatic rings. The van der Waals surface area contributed by atoms with Crippen LogP contribution < -0.4 is 9.46 Å². The van der Waals surface area contributed by atoms with Crippen molar-refractivity contribution in [2.45, 2.75) is 30.0 Å². The van der Waals surface area contributed by atoms with Gasteiger partial charge in [0.05, 0.1) is 5.69 Å². The van der Waals surface area contributed by atoms with E-state index in [0.717, 1.165) is 25.0 Å². The third kappa shape index (κ3) is 3.85. The fraction of sp³-hybridized carbons (Fsp3) is 0.235. The first kappa shape index (κ1) is 17.7. The molecule has 142 valence electrons. The maximum Gasteiger partial charge on any atom is 0.573 e. The van der Waals surface area contributed by atoms with E-state index >= 15 is 0 Å². The molecule has 0 saturated heterocycles. The zero-order valence-electron chi connectivity index (χ0n) is 13.7. The molecule has 0 atom stereocenters. The van der Waals surface area contributed by atoms with Crippen LogP contribution in [0.5, 0.6) is 5.75 Å². The summed E-state index contributed by atoms with van der Waals surface area (Å²) in [4.78, 5) is 3.71. The molecule has 10 heteroatoms. The Labute approximate surface area is 152 Å². The molecule has 0 unspecified atom stereocenters. The number of hydrogen-bond donors (Lipinski definition) is 1. The first-order valence-corrected chi connectivity index (χ1v) is 9.48. The SMILES string of the molecule is O=S(=O)(Nc1ccc2oc(C3CC3)nc2c1)c1ccccc1OC(F)(F)F. The summed E-state index contributed by atoms with van der Waals surface area (Å²) < 4.78 is 74.4. The fourth-order valence-corrected chi connectivity index (χ4v) is 3.78. The van der Waals surface area contributed by atoms with Gasteiger partial charge >= 0.3 is 6.36 Å². The standard InChI is InChI=1S/C17H13F3N2O4S/c18-17(19,20)26-14-3-1-2-4-15(14)27(23,24)22-11-7-8-13-12(9-11)21-16(25-13)10-5-6-10/h1-4,7-10,22H,5-6H2. The Balaban J connectivity index is 1.64. The van der Waals surface area contributed by atoms with Crippen LogP contribution in [0.1, 0.15) is 24.7 Å². The van der Waals surface area contributed by atoms with E-state index in [4.69, 9.17) is 4.42 Å². The van der Waals surface area contributed by atoms with E-state index < -0.39 is 27.0 Å². The van der Waals surface area contributed by atoms with Crippen LogP contribution in [0.25, 0.3) is 11.1 Å². The predicted octanol–water partition coefficient (Wildman–Crippen LogP) is 4.40. The Morgan fingerprint density at radius 3 is 2.59 bits per heavy atom. The maximum absolute atomic E-state index is 12.6. The second kappa shape index (κ2) is 6.15. The average Bonchev–Trinajstić information content (AvgIpc) is 3.33. The van der Waals surface area contributed by atoms with Crippen molar-refractivity contribution in [2.75, 3.05) is 4.72 Å². The number of ether oxygens (including phenoxy) is 1. The van der Waals surface area contributed by atoms with Gasteiger partial charge in [-0.05, 0) is 43.2 Å². The summed E-state index contributed by atoms with van der Waals surface area (Å²) in [7, 11) is -4.32. The van der Waals surface area contributed by atoms with Crippen LogP contribution in [0.3, 0.4) is 0 Å². The van der Waals surface area contributed by atoms with Gasteiger partial charge in [-0.1, -0.05) is 12.1 Å². The van der Waals surface area contributed by atoms with Gasteiger partial charge in [-0.25, -0.2) is 13.4 Å². The van der Waals surface area contributed by atoms with Crippen molar-refractivity contribution in [3.05, 3.63) is 48.4 Å². The number of fused-ring (bicyclic) bond motifs is 1. The number of hydrogen-bond acceptors (Lipinski definition) is 5. The zero-order valence-corrected chi connectivity index (χ0v) is 14.5. The third-order valence-electron chi connectivity index (χ3n) is 3.95. The molecule has 1 fully saturated rings. The van der Waals surface area contributed by atoms with Crippen LogP contribution in [0.2, 0.25) is 0 Å². The largest absolute Gasteiger partial charge is 0.573 e. The molecule has 1 aromatic heterocycles. The lowest BCUT2D eigenvalue weighted by Crippen LogP contribution is -2.20. The van der Waals surface area contributed by atoms with Gasteiger partial charge in [0.1, 0.15) is 16.2 Å². The highest BCUT2D eigenvalue weighted by Gasteiger charge is 2.34. The zero-order chi connectivity index (χ0) is 19.2. The first-order chi connectivity index (χ1) is 12.7. The second-order valence-electron chi connectivity index (χ2n) is 6.11. The number of nitrogens with zero attached hydrogens (tertiary/aromatic N) is 1. The van der Waals surface area contributed by atoms with Gasteiger partial charge in [0.25, 0.3) is 10.0 Å². The molecular weight excluding hydrogens is 385 g/mol. The fourth-order valence-electron chi connectivity index (χ4n) is 2.60. The number of aromatic nitrogens is 1. The molecule has 1 aliphatic carbocycles. The Morgan fingerprint density at radius 2 is 1.89 bits per heavy atom. The molecule has 27 heavy (non-hydrogen) atoms. The lowest BCUT2D eigenvalue weighted by atomic mass is 10.3. The number of alkyl halides is 3. The van der Waals surface area contributed by atoms with E-state index in [2.05, 4.69) is 14.4 Å². The number of para-hydroxylation sites is 1. The summed E-state index contributed by atoms with van der Waals surface area (Å²) >= 11 is 0. The van der Waals surface area contributed by atoms with Gasteiger partial charge in [0, 0.05) is 5.92 Å². The Hall–Kier alpha value is -2.75. The average molecular weight is 398 g/mol. The molecule has 0 aliphatic heterocycles. The second-order valence-corrected chi connectivity index (χ2v) is 7.76. The van der Waals surface area contributed by atoms with Gasteiger partial charge in [0.15, 0.2) is 11.5 Å². The van der Waals surface area contributed by atoms with Crippen LogP contribution in [0, 0.1) is 0 Å². The molecular formula is C17H13F3N2O4S. The van der Waals surface area contributed by atoms with Crippen LogP contribution in [-0.2, 0) is 10.0 Å². The summed E-state index contributed by atoms with van der Waals surface area (Å²) in [6, 6.07) is 9.00. The predicted molar refractivity (Wildman–Crippen MR) is 89.9 cm³/mol. The number of benzene rings is 2. The summed E-state index contributed by atoms with van der Waals surface area (Å²) in [5, 5.41) is 0. The van der Waals surface area contributed by atoms with Gasteiger partial charge in [-0.2, -0.15) is 0 Å². The molecule has 1 heterocycles. The Morgan fingerprint density at radius 1 is 1.15 bits per heavy atom. The molecule has 1 saturated carbocycles. The van der Waals surface area contributed by atoms with Crippen molar-refractivity contribution in [1.82, 2.24) is 4.98 Å². The summed E-state index contributed by atoms with van der Waals surface area (Å²) in [5.41, 5.74) is 1.14. The Bertz CT molecular complexity index is 1100. The molecule has 6 nitrogen and oxygen atoms in total. The molecule has 0 spiro atoms. The van der Waals surface area contributed by atoms with E-state index in [9.17, 15) is 21.6 Å². The highest BCUT2D eigenvalue weighted by molar-refractivity contribution is 7.92. The number of anilines is 1. The monoisotopic (exact) mass is 398 g/mol. The normalized spacial score (nSPS) is 15.1. The highest BCUT2D eigenvalue weighted by atomic mass is 32.2. The first-order valence-electron chi connectivity index (χ1n) is 7.99. The van der Waals surface area contributed by atoms with E-state index in [0.29, 0.717) is 22.9 Å². The van der Waals surface area contributed by atoms with E-state index in [1.54, 1.807) is 6.07 Å². The number of sulfonamides is 1. The topological polar surface area (TPSA) is 81.4 Å². The van der Waals surface area contributed by atoms with E-state index in [1.807, 2.05) is 0 Å². The molecule has 0 bridgehead atoms. The van der Waals surface area contributed by atoms with Crippen molar-refractivity contribution < 1.29 is 30.7 Å². The van der Waals surface area contributed by atoms with E-state index in [1.165, 1.54) is 24.3 Å². The van der Waals surface area contributed by atoms with Crippen molar-refractivity contribution in [3.63, 3.8) is 0 Å². The van der Waals surface area contributed by atoms with Crippen LogP contribution in [0.4, 0.5) is 18.9 Å². The number of rotatable bonds is 5. The molecule has 3 aromatic rings. The molecule has 0 amide bonds. The Kier molecular flexibility index (Phi) is 4.02. The van der Waals surface area contributed by atoms with Crippen LogP contribution in [-0.4, -0.2) is 19.8 Å². The van der Waals surface area contributed by atoms with Crippen molar-refractivity contribution in [1.29, 1.82) is 0 Å². The minimum absolute atomic E-state index is 0.153. The van der Waals surface area contributed by atoms with Crippen molar-refractivity contribution in [2.24, 2.45) is 0 Å². The minimum Gasteiger partial charge on any atom is -0.440 e. The molecule has 4 rings (SSSR count). The van der Waals surface area contributed by atoms with Gasteiger partial charge in [0.2, 0.25) is 0 Å². The smallest absolute Gasteiger partial charge is 0.440 e. The van der Waals surface area contributed by atoms with Crippen molar-refractivity contribution >= 4 is 26.8 Å². The highest BCUT2D eigenvalue weighted by Crippen LogP contribution is 2.41. The summed E-state index contributed by atoms with van der Waals surface area (Å²) in [5.74, 6) is 0.0916. The number of nitrogens with one attached hydrogen (secondary N) is 1.